The van der Waals surface area contributed by atoms with Gasteiger partial charge in [-0.3, -0.25) is 0 Å². The molecule has 1 saturated heterocycles. The van der Waals surface area contributed by atoms with Crippen molar-refractivity contribution in [1.29, 1.82) is 0 Å². The largest absolute Gasteiger partial charge is 0.478 e. The van der Waals surface area contributed by atoms with E-state index >= 15 is 0 Å². The first kappa shape index (κ1) is 15.9. The number of rotatable bonds is 4. The van der Waals surface area contributed by atoms with E-state index < -0.39 is 5.97 Å². The Hall–Kier alpha value is -2.50. The first-order chi connectivity index (χ1) is 10.6. The fourth-order valence-corrected chi connectivity index (χ4v) is 2.42. The van der Waals surface area contributed by atoms with E-state index in [1.54, 1.807) is 17.9 Å². The van der Waals surface area contributed by atoms with Crippen molar-refractivity contribution in [1.82, 2.24) is 4.90 Å². The highest BCUT2D eigenvalue weighted by atomic mass is 16.6. The molecule has 0 atom stereocenters. The highest BCUT2D eigenvalue weighted by Crippen LogP contribution is 2.23. The summed E-state index contributed by atoms with van der Waals surface area (Å²) in [7, 11) is 0. The SMILES string of the molecule is CCOC(=O)N1CCN(c2ccccc2/C=C/C(=O)O)CC1. The number of anilines is 1. The standard InChI is InChI=1S/C16H20N2O4/c1-2-22-16(21)18-11-9-17(10-12-18)14-6-4-3-5-13(14)7-8-15(19)20/h3-8H,2,9-12H2,1H3,(H,19,20)/b8-7+. The molecule has 1 aromatic carbocycles. The third-order valence-corrected chi connectivity index (χ3v) is 3.49. The number of carbonyl (C=O) groups excluding carboxylic acids is 1. The number of amides is 1. The average Bonchev–Trinajstić information content (AvgIpc) is 2.53. The molecule has 1 heterocycles. The van der Waals surface area contributed by atoms with Crippen molar-refractivity contribution >= 4 is 23.8 Å². The summed E-state index contributed by atoms with van der Waals surface area (Å²) in [6.45, 7) is 4.74. The molecule has 0 spiro atoms. The van der Waals surface area contributed by atoms with Crippen molar-refractivity contribution in [3.05, 3.63) is 35.9 Å². The van der Waals surface area contributed by atoms with E-state index in [9.17, 15) is 9.59 Å². The summed E-state index contributed by atoms with van der Waals surface area (Å²) in [6.07, 6.45) is 2.45. The van der Waals surface area contributed by atoms with Crippen LogP contribution in [0.15, 0.2) is 30.3 Å². The number of ether oxygens (including phenoxy) is 1. The summed E-state index contributed by atoms with van der Waals surface area (Å²) in [5.41, 5.74) is 1.83. The molecule has 1 aliphatic heterocycles. The molecule has 0 radical (unpaired) electrons. The van der Waals surface area contributed by atoms with Gasteiger partial charge in [-0.2, -0.15) is 0 Å². The van der Waals surface area contributed by atoms with Crippen LogP contribution in [-0.4, -0.2) is 54.9 Å². The average molecular weight is 304 g/mol. The molecule has 6 nitrogen and oxygen atoms in total. The Labute approximate surface area is 129 Å². The van der Waals surface area contributed by atoms with Gasteiger partial charge < -0.3 is 19.6 Å². The minimum absolute atomic E-state index is 0.277. The third-order valence-electron chi connectivity index (χ3n) is 3.49. The van der Waals surface area contributed by atoms with Crippen molar-refractivity contribution in [2.45, 2.75) is 6.92 Å². The van der Waals surface area contributed by atoms with Gasteiger partial charge in [-0.25, -0.2) is 9.59 Å². The van der Waals surface area contributed by atoms with Crippen molar-refractivity contribution in [3.8, 4) is 0 Å². The Balaban J connectivity index is 2.05. The Kier molecular flexibility index (Phi) is 5.41. The minimum atomic E-state index is -0.970. The van der Waals surface area contributed by atoms with Crippen molar-refractivity contribution in [2.24, 2.45) is 0 Å². The van der Waals surface area contributed by atoms with Crippen LogP contribution in [0, 0.1) is 0 Å². The molecule has 2 rings (SSSR count). The maximum Gasteiger partial charge on any atom is 0.409 e. The number of piperazine rings is 1. The second-order valence-corrected chi connectivity index (χ2v) is 4.90. The number of carboxylic acid groups (broad SMARTS) is 1. The van der Waals surface area contributed by atoms with E-state index in [0.29, 0.717) is 32.8 Å². The Bertz CT molecular complexity index is 563. The van der Waals surface area contributed by atoms with E-state index in [0.717, 1.165) is 17.3 Å². The lowest BCUT2D eigenvalue weighted by molar-refractivity contribution is -0.131. The molecule has 0 bridgehead atoms. The van der Waals surface area contributed by atoms with E-state index in [-0.39, 0.29) is 6.09 Å². The zero-order chi connectivity index (χ0) is 15.9. The van der Waals surface area contributed by atoms with Gasteiger partial charge >= 0.3 is 12.1 Å². The molecule has 0 aliphatic carbocycles. The highest BCUT2D eigenvalue weighted by molar-refractivity contribution is 5.87. The van der Waals surface area contributed by atoms with Gasteiger partial charge in [0, 0.05) is 37.9 Å². The van der Waals surface area contributed by atoms with E-state index in [1.807, 2.05) is 24.3 Å². The van der Waals surface area contributed by atoms with Crippen molar-refractivity contribution in [3.63, 3.8) is 0 Å². The number of carboxylic acids is 1. The van der Waals surface area contributed by atoms with Crippen molar-refractivity contribution in [2.75, 3.05) is 37.7 Å². The molecule has 1 N–H and O–H groups in total. The monoisotopic (exact) mass is 304 g/mol. The van der Waals surface area contributed by atoms with Crippen LogP contribution >= 0.6 is 0 Å². The third kappa shape index (κ3) is 4.00. The van der Waals surface area contributed by atoms with Gasteiger partial charge in [-0.15, -0.1) is 0 Å². The lowest BCUT2D eigenvalue weighted by atomic mass is 10.1. The molecule has 1 fully saturated rings. The number of nitrogens with zero attached hydrogens (tertiary/aromatic N) is 2. The zero-order valence-electron chi connectivity index (χ0n) is 12.6. The molecular formula is C16H20N2O4. The smallest absolute Gasteiger partial charge is 0.409 e. The van der Waals surface area contributed by atoms with Gasteiger partial charge in [0.05, 0.1) is 6.61 Å². The number of aliphatic carboxylic acids is 1. The molecule has 1 aliphatic rings. The van der Waals surface area contributed by atoms with Gasteiger partial charge in [-0.1, -0.05) is 18.2 Å². The zero-order valence-corrected chi connectivity index (χ0v) is 12.6. The molecule has 6 heteroatoms. The Morgan fingerprint density at radius 1 is 1.23 bits per heavy atom. The van der Waals surface area contributed by atoms with Crippen molar-refractivity contribution < 1.29 is 19.4 Å². The predicted molar refractivity (Wildman–Crippen MR) is 83.9 cm³/mol. The summed E-state index contributed by atoms with van der Waals surface area (Å²) < 4.78 is 5.00. The molecule has 118 valence electrons. The van der Waals surface area contributed by atoms with E-state index in [2.05, 4.69) is 4.90 Å². The number of para-hydroxylation sites is 1. The van der Waals surface area contributed by atoms with Gasteiger partial charge in [0.1, 0.15) is 0 Å². The summed E-state index contributed by atoms with van der Waals surface area (Å²) in [5.74, 6) is -0.970. The molecule has 0 aromatic heterocycles. The van der Waals surface area contributed by atoms with Gasteiger partial charge in [0.25, 0.3) is 0 Å². The maximum atomic E-state index is 11.7. The fraction of sp³-hybridized carbons (Fsp3) is 0.375. The molecule has 22 heavy (non-hydrogen) atoms. The molecule has 0 unspecified atom stereocenters. The molecule has 1 aromatic rings. The van der Waals surface area contributed by atoms with E-state index in [1.165, 1.54) is 0 Å². The Morgan fingerprint density at radius 2 is 1.91 bits per heavy atom. The van der Waals surface area contributed by atoms with Crippen LogP contribution in [0.5, 0.6) is 0 Å². The summed E-state index contributed by atoms with van der Waals surface area (Å²) in [5, 5.41) is 8.76. The van der Waals surface area contributed by atoms with Crippen LogP contribution in [0.2, 0.25) is 0 Å². The second kappa shape index (κ2) is 7.49. The number of hydrogen-bond acceptors (Lipinski definition) is 4. The quantitative estimate of drug-likeness (QED) is 0.862. The second-order valence-electron chi connectivity index (χ2n) is 4.90. The van der Waals surface area contributed by atoms with Crippen LogP contribution in [-0.2, 0) is 9.53 Å². The number of carbonyl (C=O) groups is 2. The highest BCUT2D eigenvalue weighted by Gasteiger charge is 2.22. The molecule has 0 saturated carbocycles. The lowest BCUT2D eigenvalue weighted by Gasteiger charge is -2.36. The summed E-state index contributed by atoms with van der Waals surface area (Å²) in [4.78, 5) is 26.2. The molecule has 1 amide bonds. The first-order valence-electron chi connectivity index (χ1n) is 7.28. The first-order valence-corrected chi connectivity index (χ1v) is 7.28. The number of hydrogen-bond donors (Lipinski definition) is 1. The van der Waals surface area contributed by atoms with Crippen LogP contribution in [0.1, 0.15) is 12.5 Å². The van der Waals surface area contributed by atoms with Gasteiger partial charge in [0.2, 0.25) is 0 Å². The van der Waals surface area contributed by atoms with Crippen LogP contribution in [0.4, 0.5) is 10.5 Å². The van der Waals surface area contributed by atoms with E-state index in [4.69, 9.17) is 9.84 Å². The minimum Gasteiger partial charge on any atom is -0.478 e. The number of benzene rings is 1. The molecular weight excluding hydrogens is 284 g/mol. The van der Waals surface area contributed by atoms with Crippen LogP contribution in [0.3, 0.4) is 0 Å². The fourth-order valence-electron chi connectivity index (χ4n) is 2.42. The van der Waals surface area contributed by atoms with Crippen LogP contribution in [0.25, 0.3) is 6.08 Å². The predicted octanol–water partition coefficient (Wildman–Crippen LogP) is 2.06. The van der Waals surface area contributed by atoms with Crippen LogP contribution < -0.4 is 4.90 Å². The Morgan fingerprint density at radius 3 is 2.55 bits per heavy atom. The maximum absolute atomic E-state index is 11.7. The summed E-state index contributed by atoms with van der Waals surface area (Å²) in [6, 6.07) is 7.64. The van der Waals surface area contributed by atoms with Gasteiger partial charge in [-0.05, 0) is 24.6 Å². The summed E-state index contributed by atoms with van der Waals surface area (Å²) >= 11 is 0. The lowest BCUT2D eigenvalue weighted by Crippen LogP contribution is -2.49. The van der Waals surface area contributed by atoms with Gasteiger partial charge in [0.15, 0.2) is 0 Å². The normalized spacial score (nSPS) is 15.1. The topological polar surface area (TPSA) is 70.1 Å².